The van der Waals surface area contributed by atoms with Gasteiger partial charge in [-0.2, -0.15) is 0 Å². The summed E-state index contributed by atoms with van der Waals surface area (Å²) in [5.41, 5.74) is 1.31. The molecule has 1 aromatic rings. The van der Waals surface area contributed by atoms with Gasteiger partial charge in [-0.1, -0.05) is 13.8 Å². The number of amides is 2. The highest BCUT2D eigenvalue weighted by Gasteiger charge is 2.21. The molecule has 2 amide bonds. The van der Waals surface area contributed by atoms with Crippen molar-refractivity contribution in [2.45, 2.75) is 64.8 Å². The number of nitrogens with zero attached hydrogens (tertiary/aromatic N) is 2. The molecule has 25 heavy (non-hydrogen) atoms. The summed E-state index contributed by atoms with van der Waals surface area (Å²) in [4.78, 5) is 20.8. The molecule has 1 aromatic heterocycles. The largest absolute Gasteiger partial charge is 0.338 e. The molecule has 0 bridgehead atoms. The van der Waals surface area contributed by atoms with E-state index in [1.165, 1.54) is 34.8 Å². The second-order valence-electron chi connectivity index (χ2n) is 7.80. The number of piperidine rings is 1. The number of thiazole rings is 1. The molecule has 6 heteroatoms. The van der Waals surface area contributed by atoms with E-state index >= 15 is 0 Å². The molecular formula is C19H32N4OS. The smallest absolute Gasteiger partial charge is 0.315 e. The summed E-state index contributed by atoms with van der Waals surface area (Å²) in [6.45, 7) is 8.54. The molecule has 0 atom stereocenters. The van der Waals surface area contributed by atoms with Gasteiger partial charge in [-0.25, -0.2) is 9.78 Å². The van der Waals surface area contributed by atoms with Crippen molar-refractivity contribution in [1.82, 2.24) is 20.5 Å². The third-order valence-electron chi connectivity index (χ3n) is 5.06. The molecule has 0 unspecified atom stereocenters. The molecule has 1 aliphatic heterocycles. The van der Waals surface area contributed by atoms with Crippen LogP contribution >= 0.6 is 11.3 Å². The predicted molar refractivity (Wildman–Crippen MR) is 103 cm³/mol. The molecule has 1 fully saturated rings. The molecule has 0 spiro atoms. The van der Waals surface area contributed by atoms with Gasteiger partial charge in [0.05, 0.1) is 10.7 Å². The van der Waals surface area contributed by atoms with Crippen LogP contribution in [-0.4, -0.2) is 48.1 Å². The highest BCUT2D eigenvalue weighted by molar-refractivity contribution is 7.11. The number of likely N-dealkylation sites (tertiary alicyclic amines) is 1. The number of hydrogen-bond acceptors (Lipinski definition) is 4. The molecule has 140 valence electrons. The van der Waals surface area contributed by atoms with E-state index in [2.05, 4.69) is 29.4 Å². The number of hydrogen-bond donors (Lipinski definition) is 2. The van der Waals surface area contributed by atoms with E-state index in [1.807, 2.05) is 11.3 Å². The summed E-state index contributed by atoms with van der Waals surface area (Å²) in [5.74, 6) is 0.712. The third-order valence-corrected chi connectivity index (χ3v) is 6.28. The van der Waals surface area contributed by atoms with Gasteiger partial charge < -0.3 is 15.5 Å². The van der Waals surface area contributed by atoms with Crippen LogP contribution in [0.3, 0.4) is 0 Å². The Bertz CT molecular complexity index is 540. The van der Waals surface area contributed by atoms with E-state index in [0.717, 1.165) is 45.3 Å². The third kappa shape index (κ3) is 5.68. The Morgan fingerprint density at radius 2 is 2.04 bits per heavy atom. The Morgan fingerprint density at radius 1 is 1.28 bits per heavy atom. The summed E-state index contributed by atoms with van der Waals surface area (Å²) in [5, 5.41) is 7.31. The van der Waals surface area contributed by atoms with E-state index in [1.54, 1.807) is 0 Å². The lowest BCUT2D eigenvalue weighted by molar-refractivity contribution is 0.178. The van der Waals surface area contributed by atoms with Gasteiger partial charge in [-0.05, 0) is 44.4 Å². The number of nitrogens with one attached hydrogen (secondary N) is 2. The highest BCUT2D eigenvalue weighted by atomic mass is 32.1. The number of fused-ring (bicyclic) bond motifs is 1. The van der Waals surface area contributed by atoms with Crippen LogP contribution < -0.4 is 10.6 Å². The molecule has 0 saturated carbocycles. The zero-order valence-corrected chi connectivity index (χ0v) is 16.5. The highest BCUT2D eigenvalue weighted by Crippen LogP contribution is 2.26. The molecule has 0 aromatic carbocycles. The van der Waals surface area contributed by atoms with Gasteiger partial charge in [-0.3, -0.25) is 0 Å². The average Bonchev–Trinajstić information content (AvgIpc) is 2.99. The fraction of sp³-hybridized carbons (Fsp3) is 0.789. The van der Waals surface area contributed by atoms with Gasteiger partial charge >= 0.3 is 6.03 Å². The molecular weight excluding hydrogens is 332 g/mol. The maximum Gasteiger partial charge on any atom is 0.315 e. The number of carbonyl (C=O) groups is 1. The molecule has 5 nitrogen and oxygen atoms in total. The second kappa shape index (κ2) is 8.99. The van der Waals surface area contributed by atoms with Crippen molar-refractivity contribution >= 4 is 17.4 Å². The predicted octanol–water partition coefficient (Wildman–Crippen LogP) is 2.98. The summed E-state index contributed by atoms with van der Waals surface area (Å²) in [6, 6.07) is 0.291. The minimum absolute atomic E-state index is 0.0244. The summed E-state index contributed by atoms with van der Waals surface area (Å²) in [6.07, 6.45) is 7.85. The van der Waals surface area contributed by atoms with E-state index in [4.69, 9.17) is 4.98 Å². The second-order valence-corrected chi connectivity index (χ2v) is 8.97. The number of aryl methyl sites for hydroxylation is 2. The van der Waals surface area contributed by atoms with E-state index in [0.29, 0.717) is 18.5 Å². The van der Waals surface area contributed by atoms with Crippen LogP contribution in [0.2, 0.25) is 0 Å². The standard InChI is InChI=1S/C19H32N4OS/c1-14(2)13-23-11-8-15(9-12-23)21-19(24)20-10-7-18-22-16-5-3-4-6-17(16)25-18/h14-15H,3-13H2,1-2H3,(H2,20,21,24). The first-order chi connectivity index (χ1) is 12.1. The normalized spacial score (nSPS) is 19.0. The lowest BCUT2D eigenvalue weighted by Crippen LogP contribution is -2.48. The van der Waals surface area contributed by atoms with Gasteiger partial charge in [-0.15, -0.1) is 11.3 Å². The number of rotatable bonds is 6. The van der Waals surface area contributed by atoms with E-state index < -0.39 is 0 Å². The zero-order valence-electron chi connectivity index (χ0n) is 15.6. The Kier molecular flexibility index (Phi) is 6.70. The lowest BCUT2D eigenvalue weighted by atomic mass is 10.0. The van der Waals surface area contributed by atoms with Crippen LogP contribution in [0.15, 0.2) is 0 Å². The molecule has 1 aliphatic carbocycles. The number of urea groups is 1. The lowest BCUT2D eigenvalue weighted by Gasteiger charge is -2.33. The maximum absolute atomic E-state index is 12.1. The van der Waals surface area contributed by atoms with Crippen LogP contribution in [0, 0.1) is 5.92 Å². The summed E-state index contributed by atoms with van der Waals surface area (Å²) in [7, 11) is 0. The summed E-state index contributed by atoms with van der Waals surface area (Å²) >= 11 is 1.84. The maximum atomic E-state index is 12.1. The van der Waals surface area contributed by atoms with Crippen LogP contribution in [-0.2, 0) is 19.3 Å². The minimum atomic E-state index is -0.0244. The van der Waals surface area contributed by atoms with Gasteiger partial charge in [0.1, 0.15) is 0 Å². The van der Waals surface area contributed by atoms with Crippen molar-refractivity contribution in [3.8, 4) is 0 Å². The average molecular weight is 365 g/mol. The van der Waals surface area contributed by atoms with Gasteiger partial charge in [0, 0.05) is 43.5 Å². The van der Waals surface area contributed by atoms with Gasteiger partial charge in [0.2, 0.25) is 0 Å². The first-order valence-corrected chi connectivity index (χ1v) is 10.7. The monoisotopic (exact) mass is 364 g/mol. The fourth-order valence-corrected chi connectivity index (χ4v) is 4.96. The number of carbonyl (C=O) groups excluding carboxylic acids is 1. The van der Waals surface area contributed by atoms with Crippen molar-refractivity contribution in [1.29, 1.82) is 0 Å². The van der Waals surface area contributed by atoms with Crippen molar-refractivity contribution in [2.75, 3.05) is 26.2 Å². The Labute approximate surface area is 155 Å². The SMILES string of the molecule is CC(C)CN1CCC(NC(=O)NCCc2nc3c(s2)CCCC3)CC1. The molecule has 1 saturated heterocycles. The van der Waals surface area contributed by atoms with Crippen molar-refractivity contribution in [3.63, 3.8) is 0 Å². The molecule has 2 N–H and O–H groups in total. The van der Waals surface area contributed by atoms with E-state index in [-0.39, 0.29) is 6.03 Å². The molecule has 0 radical (unpaired) electrons. The Morgan fingerprint density at radius 3 is 2.76 bits per heavy atom. The minimum Gasteiger partial charge on any atom is -0.338 e. The summed E-state index contributed by atoms with van der Waals surface area (Å²) < 4.78 is 0. The van der Waals surface area contributed by atoms with Crippen LogP contribution in [0.1, 0.15) is 55.1 Å². The first kappa shape index (κ1) is 18.6. The van der Waals surface area contributed by atoms with Crippen molar-refractivity contribution in [2.24, 2.45) is 5.92 Å². The van der Waals surface area contributed by atoms with Crippen LogP contribution in [0.5, 0.6) is 0 Å². The van der Waals surface area contributed by atoms with Gasteiger partial charge in [0.25, 0.3) is 0 Å². The molecule has 2 aliphatic rings. The van der Waals surface area contributed by atoms with Crippen LogP contribution in [0.25, 0.3) is 0 Å². The Balaban J connectivity index is 1.33. The quantitative estimate of drug-likeness (QED) is 0.816. The van der Waals surface area contributed by atoms with Crippen LogP contribution in [0.4, 0.5) is 4.79 Å². The van der Waals surface area contributed by atoms with Crippen molar-refractivity contribution in [3.05, 3.63) is 15.6 Å². The topological polar surface area (TPSA) is 57.3 Å². The fourth-order valence-electron chi connectivity index (χ4n) is 3.81. The molecule has 2 heterocycles. The van der Waals surface area contributed by atoms with E-state index in [9.17, 15) is 4.79 Å². The van der Waals surface area contributed by atoms with Gasteiger partial charge in [0.15, 0.2) is 0 Å². The molecule has 3 rings (SSSR count). The Hall–Kier alpha value is -1.14. The number of aromatic nitrogens is 1. The van der Waals surface area contributed by atoms with Crippen molar-refractivity contribution < 1.29 is 4.79 Å². The first-order valence-electron chi connectivity index (χ1n) is 9.84. The zero-order chi connectivity index (χ0) is 17.6.